The van der Waals surface area contributed by atoms with E-state index in [1.54, 1.807) is 6.07 Å². The van der Waals surface area contributed by atoms with E-state index >= 15 is 0 Å². The van der Waals surface area contributed by atoms with Gasteiger partial charge in [0, 0.05) is 6.04 Å². The highest BCUT2D eigenvalue weighted by atomic mass is 16.5. The summed E-state index contributed by atoms with van der Waals surface area (Å²) < 4.78 is 5.76. The van der Waals surface area contributed by atoms with Gasteiger partial charge in [-0.3, -0.25) is 0 Å². The Labute approximate surface area is 126 Å². The Hall–Kier alpha value is -2.31. The molecule has 0 aliphatic carbocycles. The summed E-state index contributed by atoms with van der Waals surface area (Å²) in [7, 11) is 1.97. The summed E-state index contributed by atoms with van der Waals surface area (Å²) in [6, 6.07) is 18.2. The number of nitrogens with one attached hydrogen (secondary N) is 1. The Kier molecular flexibility index (Phi) is 5.36. The van der Waals surface area contributed by atoms with Crippen LogP contribution >= 0.6 is 0 Å². The van der Waals surface area contributed by atoms with Gasteiger partial charge in [-0.2, -0.15) is 5.26 Å². The Morgan fingerprint density at radius 2 is 1.95 bits per heavy atom. The van der Waals surface area contributed by atoms with Crippen molar-refractivity contribution in [1.82, 2.24) is 5.32 Å². The zero-order valence-corrected chi connectivity index (χ0v) is 12.5. The van der Waals surface area contributed by atoms with Gasteiger partial charge in [-0.05, 0) is 48.9 Å². The van der Waals surface area contributed by atoms with Crippen molar-refractivity contribution in [2.45, 2.75) is 26.0 Å². The van der Waals surface area contributed by atoms with Gasteiger partial charge in [0.1, 0.15) is 12.4 Å². The van der Waals surface area contributed by atoms with Crippen LogP contribution in [0.1, 0.15) is 36.1 Å². The summed E-state index contributed by atoms with van der Waals surface area (Å²) in [4.78, 5) is 0. The van der Waals surface area contributed by atoms with E-state index in [1.807, 2.05) is 37.4 Å². The lowest BCUT2D eigenvalue weighted by molar-refractivity contribution is 0.306. The predicted octanol–water partition coefficient (Wildman–Crippen LogP) is 3.81. The molecule has 0 spiro atoms. The topological polar surface area (TPSA) is 45.0 Å². The molecule has 0 aromatic heterocycles. The van der Waals surface area contributed by atoms with Crippen LogP contribution in [-0.4, -0.2) is 7.05 Å². The molecule has 0 heterocycles. The highest BCUT2D eigenvalue weighted by Crippen LogP contribution is 2.20. The molecule has 108 valence electrons. The van der Waals surface area contributed by atoms with Crippen molar-refractivity contribution in [3.63, 3.8) is 0 Å². The quantitative estimate of drug-likeness (QED) is 0.875. The number of hydrogen-bond donors (Lipinski definition) is 1. The largest absolute Gasteiger partial charge is 0.489 e. The summed E-state index contributed by atoms with van der Waals surface area (Å²) in [6.45, 7) is 2.63. The van der Waals surface area contributed by atoms with Gasteiger partial charge in [-0.25, -0.2) is 0 Å². The smallest absolute Gasteiger partial charge is 0.119 e. The second-order valence-electron chi connectivity index (χ2n) is 4.92. The molecule has 0 saturated carbocycles. The highest BCUT2D eigenvalue weighted by molar-refractivity contribution is 5.33. The molecule has 1 N–H and O–H groups in total. The minimum absolute atomic E-state index is 0.381. The van der Waals surface area contributed by atoms with Gasteiger partial charge in [-0.15, -0.1) is 0 Å². The standard InChI is InChI=1S/C18H20N2O/c1-3-18(20-2)16-7-9-17(10-8-16)21-13-15-6-4-5-14(11-15)12-19/h4-11,18,20H,3,13H2,1-2H3. The molecule has 21 heavy (non-hydrogen) atoms. The molecule has 1 unspecified atom stereocenters. The van der Waals surface area contributed by atoms with Crippen molar-refractivity contribution in [2.75, 3.05) is 7.05 Å². The van der Waals surface area contributed by atoms with Gasteiger partial charge >= 0.3 is 0 Å². The number of benzene rings is 2. The van der Waals surface area contributed by atoms with Crippen molar-refractivity contribution in [1.29, 1.82) is 5.26 Å². The lowest BCUT2D eigenvalue weighted by Gasteiger charge is -2.15. The monoisotopic (exact) mass is 280 g/mol. The number of ether oxygens (including phenoxy) is 1. The molecule has 1 atom stereocenters. The third-order valence-electron chi connectivity index (χ3n) is 3.50. The van der Waals surface area contributed by atoms with Gasteiger partial charge in [0.05, 0.1) is 11.6 Å². The van der Waals surface area contributed by atoms with Crippen LogP contribution in [0.3, 0.4) is 0 Å². The molecular formula is C18H20N2O. The van der Waals surface area contributed by atoms with Crippen molar-refractivity contribution >= 4 is 0 Å². The molecule has 0 amide bonds. The fourth-order valence-electron chi connectivity index (χ4n) is 2.30. The van der Waals surface area contributed by atoms with Crippen LogP contribution in [-0.2, 0) is 6.61 Å². The first kappa shape index (κ1) is 15.1. The molecule has 3 heteroatoms. The van der Waals surface area contributed by atoms with Crippen LogP contribution in [0.15, 0.2) is 48.5 Å². The normalized spacial score (nSPS) is 11.7. The Balaban J connectivity index is 1.99. The van der Waals surface area contributed by atoms with Gasteiger partial charge in [0.2, 0.25) is 0 Å². The summed E-state index contributed by atoms with van der Waals surface area (Å²) in [6.07, 6.45) is 1.05. The SMILES string of the molecule is CCC(NC)c1ccc(OCc2cccc(C#N)c2)cc1. The predicted molar refractivity (Wildman–Crippen MR) is 84.0 cm³/mol. The van der Waals surface area contributed by atoms with E-state index < -0.39 is 0 Å². The summed E-state index contributed by atoms with van der Waals surface area (Å²) in [5.74, 6) is 0.840. The molecule has 0 radical (unpaired) electrons. The molecular weight excluding hydrogens is 260 g/mol. The van der Waals surface area contributed by atoms with Gasteiger partial charge in [-0.1, -0.05) is 31.2 Å². The fourth-order valence-corrected chi connectivity index (χ4v) is 2.30. The van der Waals surface area contributed by atoms with Crippen LogP contribution in [0.25, 0.3) is 0 Å². The first-order valence-electron chi connectivity index (χ1n) is 7.16. The van der Waals surface area contributed by atoms with Gasteiger partial charge in [0.25, 0.3) is 0 Å². The van der Waals surface area contributed by atoms with Crippen LogP contribution in [0.4, 0.5) is 0 Å². The first-order chi connectivity index (χ1) is 10.3. The molecule has 0 aliphatic rings. The minimum atomic E-state index is 0.381. The van der Waals surface area contributed by atoms with Crippen LogP contribution < -0.4 is 10.1 Å². The molecule has 0 aliphatic heterocycles. The summed E-state index contributed by atoms with van der Waals surface area (Å²) >= 11 is 0. The van der Waals surface area contributed by atoms with E-state index in [0.717, 1.165) is 17.7 Å². The molecule has 2 aromatic carbocycles. The van der Waals surface area contributed by atoms with Crippen LogP contribution in [0.5, 0.6) is 5.75 Å². The van der Waals surface area contributed by atoms with Crippen molar-refractivity contribution in [2.24, 2.45) is 0 Å². The lowest BCUT2D eigenvalue weighted by Crippen LogP contribution is -2.14. The van der Waals surface area contributed by atoms with Gasteiger partial charge < -0.3 is 10.1 Å². The zero-order chi connectivity index (χ0) is 15.1. The number of rotatable bonds is 6. The first-order valence-corrected chi connectivity index (χ1v) is 7.16. The third-order valence-corrected chi connectivity index (χ3v) is 3.50. The van der Waals surface area contributed by atoms with E-state index in [4.69, 9.17) is 10.00 Å². The highest BCUT2D eigenvalue weighted by Gasteiger charge is 2.06. The van der Waals surface area contributed by atoms with E-state index in [2.05, 4.69) is 30.4 Å². The van der Waals surface area contributed by atoms with E-state index in [0.29, 0.717) is 18.2 Å². The molecule has 0 saturated heterocycles. The maximum atomic E-state index is 8.88. The van der Waals surface area contributed by atoms with E-state index in [-0.39, 0.29) is 0 Å². The second kappa shape index (κ2) is 7.47. The molecule has 0 fully saturated rings. The second-order valence-corrected chi connectivity index (χ2v) is 4.92. The lowest BCUT2D eigenvalue weighted by atomic mass is 10.0. The van der Waals surface area contributed by atoms with Gasteiger partial charge in [0.15, 0.2) is 0 Å². The van der Waals surface area contributed by atoms with Crippen LogP contribution in [0.2, 0.25) is 0 Å². The molecule has 0 bridgehead atoms. The summed E-state index contributed by atoms with van der Waals surface area (Å²) in [5.41, 5.74) is 2.92. The number of hydrogen-bond acceptors (Lipinski definition) is 3. The summed E-state index contributed by atoms with van der Waals surface area (Å²) in [5, 5.41) is 12.2. The van der Waals surface area contributed by atoms with Crippen molar-refractivity contribution in [3.05, 3.63) is 65.2 Å². The van der Waals surface area contributed by atoms with E-state index in [9.17, 15) is 0 Å². The fraction of sp³-hybridized carbons (Fsp3) is 0.278. The van der Waals surface area contributed by atoms with Crippen molar-refractivity contribution < 1.29 is 4.74 Å². The molecule has 2 aromatic rings. The maximum Gasteiger partial charge on any atom is 0.119 e. The molecule has 2 rings (SSSR count). The Morgan fingerprint density at radius 1 is 1.19 bits per heavy atom. The Bertz CT molecular complexity index is 610. The molecule has 3 nitrogen and oxygen atoms in total. The average Bonchev–Trinajstić information content (AvgIpc) is 2.55. The number of nitriles is 1. The Morgan fingerprint density at radius 3 is 2.57 bits per heavy atom. The van der Waals surface area contributed by atoms with E-state index in [1.165, 1.54) is 5.56 Å². The maximum absolute atomic E-state index is 8.88. The third kappa shape index (κ3) is 4.08. The van der Waals surface area contributed by atoms with Crippen molar-refractivity contribution in [3.8, 4) is 11.8 Å². The number of nitrogens with zero attached hydrogens (tertiary/aromatic N) is 1. The van der Waals surface area contributed by atoms with Crippen LogP contribution in [0, 0.1) is 11.3 Å². The average molecular weight is 280 g/mol. The minimum Gasteiger partial charge on any atom is -0.489 e. The zero-order valence-electron chi connectivity index (χ0n) is 12.5.